The molecule has 4 nitrogen and oxygen atoms in total. The standard InChI is InChI=1S/C32H44N2O2/c1-3-5-7-9-11-21-32(25-33)22-19-29(20-23-32)36-31(35)28-16-14-27(15-17-28)30-18-13-26(24-34-30)12-10-8-6-4-2/h13-18,24,29H,3-12,19-23H2,1-2H3. The Morgan fingerprint density at radius 1 is 0.944 bits per heavy atom. The normalized spacial score (nSPS) is 19.5. The Kier molecular flexibility index (Phi) is 11.5. The van der Waals surface area contributed by atoms with Gasteiger partial charge in [0.1, 0.15) is 6.10 Å². The lowest BCUT2D eigenvalue weighted by atomic mass is 9.71. The number of esters is 1. The number of ether oxygens (including phenoxy) is 1. The molecular formula is C32H44N2O2. The molecule has 1 aromatic heterocycles. The maximum absolute atomic E-state index is 12.8. The highest BCUT2D eigenvalue weighted by Crippen LogP contribution is 2.41. The van der Waals surface area contributed by atoms with Crippen molar-refractivity contribution in [3.8, 4) is 17.3 Å². The summed E-state index contributed by atoms with van der Waals surface area (Å²) in [7, 11) is 0. The quantitative estimate of drug-likeness (QED) is 0.197. The number of rotatable bonds is 14. The first-order valence-electron chi connectivity index (χ1n) is 14.3. The van der Waals surface area contributed by atoms with Crippen molar-refractivity contribution in [2.75, 3.05) is 0 Å². The largest absolute Gasteiger partial charge is 0.459 e. The van der Waals surface area contributed by atoms with Gasteiger partial charge in [-0.1, -0.05) is 83.4 Å². The van der Waals surface area contributed by atoms with E-state index in [1.165, 1.54) is 56.9 Å². The van der Waals surface area contributed by atoms with Gasteiger partial charge in [-0.25, -0.2) is 4.79 Å². The fourth-order valence-electron chi connectivity index (χ4n) is 5.24. The lowest BCUT2D eigenvalue weighted by molar-refractivity contribution is 0.0105. The molecule has 0 amide bonds. The van der Waals surface area contributed by atoms with Crippen LogP contribution < -0.4 is 0 Å². The maximum Gasteiger partial charge on any atom is 0.338 e. The molecule has 0 bridgehead atoms. The highest BCUT2D eigenvalue weighted by Gasteiger charge is 2.36. The second kappa shape index (κ2) is 14.8. The second-order valence-corrected chi connectivity index (χ2v) is 10.6. The summed E-state index contributed by atoms with van der Waals surface area (Å²) in [5.74, 6) is -0.272. The van der Waals surface area contributed by atoms with Crippen LogP contribution in [0.5, 0.6) is 0 Å². The van der Waals surface area contributed by atoms with Gasteiger partial charge in [0.05, 0.1) is 22.7 Å². The molecular weight excluding hydrogens is 444 g/mol. The van der Waals surface area contributed by atoms with Gasteiger partial charge < -0.3 is 4.74 Å². The molecule has 0 unspecified atom stereocenters. The van der Waals surface area contributed by atoms with Gasteiger partial charge in [-0.2, -0.15) is 5.26 Å². The van der Waals surface area contributed by atoms with Gasteiger partial charge in [-0.15, -0.1) is 0 Å². The molecule has 0 N–H and O–H groups in total. The van der Waals surface area contributed by atoms with Crippen LogP contribution in [-0.4, -0.2) is 17.1 Å². The van der Waals surface area contributed by atoms with Crippen molar-refractivity contribution in [3.05, 3.63) is 53.7 Å². The predicted molar refractivity (Wildman–Crippen MR) is 147 cm³/mol. The summed E-state index contributed by atoms with van der Waals surface area (Å²) in [4.78, 5) is 17.4. The molecule has 36 heavy (non-hydrogen) atoms. The predicted octanol–water partition coefficient (Wildman–Crippen LogP) is 8.84. The summed E-state index contributed by atoms with van der Waals surface area (Å²) in [6.07, 6.45) is 18.3. The van der Waals surface area contributed by atoms with Gasteiger partial charge in [0, 0.05) is 11.8 Å². The van der Waals surface area contributed by atoms with Crippen molar-refractivity contribution in [2.24, 2.45) is 5.41 Å². The first kappa shape index (κ1) is 27.9. The Labute approximate surface area is 218 Å². The average Bonchev–Trinajstić information content (AvgIpc) is 2.92. The fourth-order valence-corrected chi connectivity index (χ4v) is 5.24. The van der Waals surface area contributed by atoms with E-state index < -0.39 is 0 Å². The number of aromatic nitrogens is 1. The van der Waals surface area contributed by atoms with Crippen molar-refractivity contribution in [3.63, 3.8) is 0 Å². The van der Waals surface area contributed by atoms with E-state index in [0.29, 0.717) is 5.56 Å². The lowest BCUT2D eigenvalue weighted by Gasteiger charge is -2.34. The number of nitrogens with zero attached hydrogens (tertiary/aromatic N) is 2. The molecule has 0 aliphatic heterocycles. The van der Waals surface area contributed by atoms with Crippen LogP contribution in [0.3, 0.4) is 0 Å². The Balaban J connectivity index is 1.46. The molecule has 0 radical (unpaired) electrons. The van der Waals surface area contributed by atoms with Gasteiger partial charge in [0.15, 0.2) is 0 Å². The van der Waals surface area contributed by atoms with E-state index >= 15 is 0 Å². The number of hydrogen-bond acceptors (Lipinski definition) is 4. The van der Waals surface area contributed by atoms with Crippen LogP contribution in [0.25, 0.3) is 11.3 Å². The summed E-state index contributed by atoms with van der Waals surface area (Å²) in [6.45, 7) is 4.45. The Bertz CT molecular complexity index is 951. The maximum atomic E-state index is 12.8. The molecule has 194 valence electrons. The van der Waals surface area contributed by atoms with Crippen LogP contribution in [-0.2, 0) is 11.2 Å². The number of hydrogen-bond donors (Lipinski definition) is 0. The number of unbranched alkanes of at least 4 members (excludes halogenated alkanes) is 7. The van der Waals surface area contributed by atoms with Crippen LogP contribution in [0.1, 0.15) is 120 Å². The second-order valence-electron chi connectivity index (χ2n) is 10.6. The van der Waals surface area contributed by atoms with E-state index in [9.17, 15) is 10.1 Å². The minimum atomic E-state index is -0.272. The molecule has 0 saturated heterocycles. The highest BCUT2D eigenvalue weighted by molar-refractivity contribution is 5.90. The third kappa shape index (κ3) is 8.47. The number of pyridine rings is 1. The van der Waals surface area contributed by atoms with Crippen LogP contribution in [0, 0.1) is 16.7 Å². The van der Waals surface area contributed by atoms with E-state index in [0.717, 1.165) is 56.2 Å². The minimum absolute atomic E-state index is 0.0923. The molecule has 1 fully saturated rings. The summed E-state index contributed by atoms with van der Waals surface area (Å²) >= 11 is 0. The van der Waals surface area contributed by atoms with Crippen molar-refractivity contribution in [2.45, 2.75) is 116 Å². The van der Waals surface area contributed by atoms with E-state index in [-0.39, 0.29) is 17.5 Å². The van der Waals surface area contributed by atoms with Crippen LogP contribution in [0.2, 0.25) is 0 Å². The van der Waals surface area contributed by atoms with Gasteiger partial charge in [-0.05, 0) is 68.7 Å². The van der Waals surface area contributed by atoms with Crippen LogP contribution in [0.15, 0.2) is 42.6 Å². The van der Waals surface area contributed by atoms with Crippen molar-refractivity contribution < 1.29 is 9.53 Å². The van der Waals surface area contributed by atoms with Gasteiger partial charge in [0.25, 0.3) is 0 Å². The van der Waals surface area contributed by atoms with Crippen molar-refractivity contribution in [1.82, 2.24) is 4.98 Å². The van der Waals surface area contributed by atoms with Crippen molar-refractivity contribution in [1.29, 1.82) is 5.26 Å². The molecule has 3 rings (SSSR count). The van der Waals surface area contributed by atoms with Gasteiger partial charge in [-0.3, -0.25) is 4.98 Å². The van der Waals surface area contributed by atoms with E-state index in [4.69, 9.17) is 4.74 Å². The minimum Gasteiger partial charge on any atom is -0.459 e. The summed E-state index contributed by atoms with van der Waals surface area (Å²) in [6, 6.07) is 14.4. The molecule has 1 aliphatic carbocycles. The topological polar surface area (TPSA) is 63.0 Å². The zero-order chi connectivity index (χ0) is 25.6. The Morgan fingerprint density at radius 2 is 1.61 bits per heavy atom. The zero-order valence-electron chi connectivity index (χ0n) is 22.4. The van der Waals surface area contributed by atoms with E-state index in [2.05, 4.69) is 37.0 Å². The van der Waals surface area contributed by atoms with Crippen molar-refractivity contribution >= 4 is 5.97 Å². The molecule has 0 spiro atoms. The number of aryl methyl sites for hydroxylation is 1. The van der Waals surface area contributed by atoms with E-state index in [1.54, 1.807) is 0 Å². The smallest absolute Gasteiger partial charge is 0.338 e. The lowest BCUT2D eigenvalue weighted by Crippen LogP contribution is -2.31. The molecule has 1 aliphatic rings. The number of benzene rings is 1. The van der Waals surface area contributed by atoms with Gasteiger partial charge in [0.2, 0.25) is 0 Å². The number of carbonyl (C=O) groups excluding carboxylic acids is 1. The molecule has 4 heteroatoms. The average molecular weight is 489 g/mol. The molecule has 1 saturated carbocycles. The molecule has 2 aromatic rings. The summed E-state index contributed by atoms with van der Waals surface area (Å²) in [5.41, 5.74) is 3.54. The Morgan fingerprint density at radius 3 is 2.22 bits per heavy atom. The van der Waals surface area contributed by atoms with E-state index in [1.807, 2.05) is 30.5 Å². The van der Waals surface area contributed by atoms with Crippen LogP contribution >= 0.6 is 0 Å². The number of carbonyl (C=O) groups is 1. The SMILES string of the molecule is CCCCCCCC1(C#N)CCC(OC(=O)c2ccc(-c3ccc(CCCCCC)cn3)cc2)CC1. The Hall–Kier alpha value is -2.67. The molecule has 1 heterocycles. The highest BCUT2D eigenvalue weighted by atomic mass is 16.5. The third-order valence-corrected chi connectivity index (χ3v) is 7.72. The first-order valence-corrected chi connectivity index (χ1v) is 14.3. The molecule has 0 atom stereocenters. The van der Waals surface area contributed by atoms with Crippen LogP contribution in [0.4, 0.5) is 0 Å². The first-order chi connectivity index (χ1) is 17.6. The molecule has 1 aromatic carbocycles. The summed E-state index contributed by atoms with van der Waals surface area (Å²) < 4.78 is 5.82. The fraction of sp³-hybridized carbons (Fsp3) is 0.594. The summed E-state index contributed by atoms with van der Waals surface area (Å²) in [5, 5.41) is 9.82. The number of nitriles is 1. The van der Waals surface area contributed by atoms with Gasteiger partial charge >= 0.3 is 5.97 Å². The monoisotopic (exact) mass is 488 g/mol. The zero-order valence-corrected chi connectivity index (χ0v) is 22.4. The third-order valence-electron chi connectivity index (χ3n) is 7.72.